The molecular formula is C13H19NO2. The Morgan fingerprint density at radius 1 is 1.12 bits per heavy atom. The second-order valence-corrected chi connectivity index (χ2v) is 4.47. The molecule has 0 aliphatic heterocycles. The highest BCUT2D eigenvalue weighted by Crippen LogP contribution is 2.16. The Bertz CT molecular complexity index is 336. The standard InChI is InChI=1S/C13H19NO2/c1-13(2,3)14-9-10-16-12-7-5-11(15-4)6-8-12/h5-9H,10H2,1-4H3. The Morgan fingerprint density at radius 3 is 2.19 bits per heavy atom. The zero-order valence-corrected chi connectivity index (χ0v) is 10.4. The van der Waals surface area contributed by atoms with Crippen molar-refractivity contribution >= 4 is 6.21 Å². The van der Waals surface area contributed by atoms with Crippen molar-refractivity contribution in [1.82, 2.24) is 0 Å². The summed E-state index contributed by atoms with van der Waals surface area (Å²) in [6.07, 6.45) is 1.80. The number of hydrogen-bond donors (Lipinski definition) is 0. The van der Waals surface area contributed by atoms with Gasteiger partial charge < -0.3 is 9.47 Å². The number of hydrogen-bond acceptors (Lipinski definition) is 3. The molecule has 0 saturated heterocycles. The molecule has 0 saturated carbocycles. The third-order valence-electron chi connectivity index (χ3n) is 1.86. The summed E-state index contributed by atoms with van der Waals surface area (Å²) in [4.78, 5) is 4.33. The van der Waals surface area contributed by atoms with Gasteiger partial charge in [0.2, 0.25) is 0 Å². The first kappa shape index (κ1) is 12.6. The van der Waals surface area contributed by atoms with Crippen molar-refractivity contribution in [2.24, 2.45) is 4.99 Å². The molecular weight excluding hydrogens is 202 g/mol. The van der Waals surface area contributed by atoms with Gasteiger partial charge in [-0.1, -0.05) is 0 Å². The molecule has 0 amide bonds. The second kappa shape index (κ2) is 5.54. The van der Waals surface area contributed by atoms with Gasteiger partial charge in [0, 0.05) is 6.21 Å². The Morgan fingerprint density at radius 2 is 1.69 bits per heavy atom. The minimum absolute atomic E-state index is 0.0384. The fourth-order valence-corrected chi connectivity index (χ4v) is 1.12. The molecule has 0 aromatic heterocycles. The molecule has 0 aliphatic carbocycles. The van der Waals surface area contributed by atoms with Crippen LogP contribution in [-0.2, 0) is 0 Å². The molecule has 0 aliphatic rings. The van der Waals surface area contributed by atoms with Crippen LogP contribution >= 0.6 is 0 Å². The van der Waals surface area contributed by atoms with Crippen LogP contribution in [0.15, 0.2) is 29.3 Å². The second-order valence-electron chi connectivity index (χ2n) is 4.47. The maximum Gasteiger partial charge on any atom is 0.123 e. The number of ether oxygens (including phenoxy) is 2. The van der Waals surface area contributed by atoms with Crippen molar-refractivity contribution in [3.8, 4) is 11.5 Å². The smallest absolute Gasteiger partial charge is 0.123 e. The molecule has 1 aromatic rings. The topological polar surface area (TPSA) is 30.8 Å². The predicted octanol–water partition coefficient (Wildman–Crippen LogP) is 2.94. The van der Waals surface area contributed by atoms with E-state index in [0.717, 1.165) is 11.5 Å². The Kier molecular flexibility index (Phi) is 4.35. The first-order valence-electron chi connectivity index (χ1n) is 5.32. The minimum atomic E-state index is -0.0384. The van der Waals surface area contributed by atoms with Gasteiger partial charge in [0.1, 0.15) is 18.1 Å². The van der Waals surface area contributed by atoms with E-state index in [0.29, 0.717) is 6.61 Å². The molecule has 0 fully saturated rings. The van der Waals surface area contributed by atoms with Crippen molar-refractivity contribution in [1.29, 1.82) is 0 Å². The summed E-state index contributed by atoms with van der Waals surface area (Å²) >= 11 is 0. The molecule has 88 valence electrons. The van der Waals surface area contributed by atoms with Crippen LogP contribution in [-0.4, -0.2) is 25.5 Å². The highest BCUT2D eigenvalue weighted by molar-refractivity contribution is 5.59. The van der Waals surface area contributed by atoms with Gasteiger partial charge in [-0.15, -0.1) is 0 Å². The van der Waals surface area contributed by atoms with E-state index < -0.39 is 0 Å². The lowest BCUT2D eigenvalue weighted by atomic mass is 10.1. The first-order chi connectivity index (χ1) is 7.51. The van der Waals surface area contributed by atoms with E-state index >= 15 is 0 Å². The van der Waals surface area contributed by atoms with E-state index in [1.807, 2.05) is 24.3 Å². The van der Waals surface area contributed by atoms with Crippen LogP contribution in [0, 0.1) is 0 Å². The average molecular weight is 221 g/mol. The molecule has 1 rings (SSSR count). The summed E-state index contributed by atoms with van der Waals surface area (Å²) in [6.45, 7) is 6.65. The molecule has 3 nitrogen and oxygen atoms in total. The molecule has 1 aromatic carbocycles. The third kappa shape index (κ3) is 4.82. The van der Waals surface area contributed by atoms with Gasteiger partial charge in [-0.2, -0.15) is 0 Å². The summed E-state index contributed by atoms with van der Waals surface area (Å²) in [6, 6.07) is 7.50. The molecule has 0 N–H and O–H groups in total. The fraction of sp³-hybridized carbons (Fsp3) is 0.462. The highest BCUT2D eigenvalue weighted by Gasteiger charge is 2.04. The monoisotopic (exact) mass is 221 g/mol. The fourth-order valence-electron chi connectivity index (χ4n) is 1.12. The summed E-state index contributed by atoms with van der Waals surface area (Å²) < 4.78 is 10.6. The van der Waals surface area contributed by atoms with Crippen molar-refractivity contribution in [3.63, 3.8) is 0 Å². The van der Waals surface area contributed by atoms with E-state index in [1.165, 1.54) is 0 Å². The lowest BCUT2D eigenvalue weighted by Gasteiger charge is -2.11. The van der Waals surface area contributed by atoms with Crippen molar-refractivity contribution in [2.45, 2.75) is 26.3 Å². The quantitative estimate of drug-likeness (QED) is 0.732. The average Bonchev–Trinajstić information content (AvgIpc) is 2.24. The molecule has 0 heterocycles. The summed E-state index contributed by atoms with van der Waals surface area (Å²) in [7, 11) is 1.64. The van der Waals surface area contributed by atoms with Crippen LogP contribution < -0.4 is 9.47 Å². The lowest BCUT2D eigenvalue weighted by Crippen LogP contribution is -2.11. The van der Waals surface area contributed by atoms with Crippen LogP contribution in [0.3, 0.4) is 0 Å². The van der Waals surface area contributed by atoms with E-state index in [-0.39, 0.29) is 5.54 Å². The van der Waals surface area contributed by atoms with Gasteiger partial charge in [-0.05, 0) is 45.0 Å². The Labute approximate surface area is 97.1 Å². The SMILES string of the molecule is COc1ccc(OCC=NC(C)(C)C)cc1. The van der Waals surface area contributed by atoms with Gasteiger partial charge in [-0.25, -0.2) is 0 Å². The lowest BCUT2D eigenvalue weighted by molar-refractivity contribution is 0.375. The van der Waals surface area contributed by atoms with Crippen molar-refractivity contribution in [3.05, 3.63) is 24.3 Å². The molecule has 3 heteroatoms. The van der Waals surface area contributed by atoms with Gasteiger partial charge in [-0.3, -0.25) is 4.99 Å². The Balaban J connectivity index is 2.40. The van der Waals surface area contributed by atoms with E-state index in [4.69, 9.17) is 9.47 Å². The van der Waals surface area contributed by atoms with Crippen LogP contribution in [0.4, 0.5) is 0 Å². The highest BCUT2D eigenvalue weighted by atomic mass is 16.5. The Hall–Kier alpha value is -1.51. The van der Waals surface area contributed by atoms with Crippen LogP contribution in [0.25, 0.3) is 0 Å². The number of aliphatic imine (C=N–C) groups is 1. The molecule has 0 radical (unpaired) electrons. The maximum atomic E-state index is 5.50. The molecule has 16 heavy (non-hydrogen) atoms. The largest absolute Gasteiger partial charge is 0.497 e. The van der Waals surface area contributed by atoms with Crippen molar-refractivity contribution < 1.29 is 9.47 Å². The number of nitrogens with zero attached hydrogens (tertiary/aromatic N) is 1. The third-order valence-corrected chi connectivity index (χ3v) is 1.86. The predicted molar refractivity (Wildman–Crippen MR) is 66.7 cm³/mol. The first-order valence-corrected chi connectivity index (χ1v) is 5.32. The summed E-state index contributed by atoms with van der Waals surface area (Å²) in [5.41, 5.74) is -0.0384. The zero-order valence-electron chi connectivity index (χ0n) is 10.4. The molecule has 0 bridgehead atoms. The minimum Gasteiger partial charge on any atom is -0.497 e. The number of rotatable bonds is 4. The summed E-state index contributed by atoms with van der Waals surface area (Å²) in [5.74, 6) is 1.65. The molecule has 0 unspecified atom stereocenters. The van der Waals surface area contributed by atoms with E-state index in [2.05, 4.69) is 25.8 Å². The number of benzene rings is 1. The van der Waals surface area contributed by atoms with Gasteiger partial charge in [0.15, 0.2) is 0 Å². The maximum absolute atomic E-state index is 5.50. The van der Waals surface area contributed by atoms with Gasteiger partial charge in [0.05, 0.1) is 12.6 Å². The van der Waals surface area contributed by atoms with Crippen molar-refractivity contribution in [2.75, 3.05) is 13.7 Å². The van der Waals surface area contributed by atoms with Crippen LogP contribution in [0.1, 0.15) is 20.8 Å². The number of methoxy groups -OCH3 is 1. The molecule has 0 atom stereocenters. The zero-order chi connectivity index (χ0) is 12.0. The summed E-state index contributed by atoms with van der Waals surface area (Å²) in [5, 5.41) is 0. The molecule has 0 spiro atoms. The van der Waals surface area contributed by atoms with Crippen LogP contribution in [0.5, 0.6) is 11.5 Å². The van der Waals surface area contributed by atoms with Gasteiger partial charge in [0.25, 0.3) is 0 Å². The normalized spacial score (nSPS) is 11.8. The van der Waals surface area contributed by atoms with Gasteiger partial charge >= 0.3 is 0 Å². The van der Waals surface area contributed by atoms with Crippen LogP contribution in [0.2, 0.25) is 0 Å². The van der Waals surface area contributed by atoms with E-state index in [9.17, 15) is 0 Å². The van der Waals surface area contributed by atoms with E-state index in [1.54, 1.807) is 13.3 Å².